The Balaban J connectivity index is 2.23. The van der Waals surface area contributed by atoms with Crippen molar-refractivity contribution in [2.75, 3.05) is 6.61 Å². The highest BCUT2D eigenvalue weighted by Gasteiger charge is 2.04. The summed E-state index contributed by atoms with van der Waals surface area (Å²) < 4.78 is 4.91. The summed E-state index contributed by atoms with van der Waals surface area (Å²) in [5, 5.41) is 1.07. The van der Waals surface area contributed by atoms with Gasteiger partial charge in [-0.05, 0) is 48.2 Å². The zero-order chi connectivity index (χ0) is 16.1. The smallest absolute Gasteiger partial charge is 0.331 e. The Morgan fingerprint density at radius 3 is 2.27 bits per heavy atom. The van der Waals surface area contributed by atoms with Crippen molar-refractivity contribution >= 4 is 34.7 Å². The lowest BCUT2D eigenvalue weighted by molar-refractivity contribution is -0.137. The highest BCUT2D eigenvalue weighted by atomic mass is 35.5. The Morgan fingerprint density at radius 2 is 1.68 bits per heavy atom. The molecule has 2 rings (SSSR count). The second-order valence-electron chi connectivity index (χ2n) is 4.79. The molecule has 0 unspecified atom stereocenters. The number of esters is 1. The summed E-state index contributed by atoms with van der Waals surface area (Å²) in [7, 11) is 0. The molecule has 0 spiro atoms. The molecule has 114 valence electrons. The molecule has 0 aliphatic heterocycles. The van der Waals surface area contributed by atoms with Crippen molar-refractivity contribution in [2.24, 2.45) is 0 Å². The molecule has 0 N–H and O–H groups in total. The van der Waals surface area contributed by atoms with Crippen LogP contribution in [0.4, 0.5) is 0 Å². The average molecular weight is 335 g/mol. The lowest BCUT2D eigenvalue weighted by atomic mass is 10.0. The van der Waals surface area contributed by atoms with Gasteiger partial charge in [0, 0.05) is 6.08 Å². The Kier molecular flexibility index (Phi) is 5.64. The summed E-state index contributed by atoms with van der Waals surface area (Å²) in [6.07, 6.45) is 1.50. The first kappa shape index (κ1) is 16.6. The highest BCUT2D eigenvalue weighted by molar-refractivity contribution is 6.42. The second-order valence-corrected chi connectivity index (χ2v) is 5.60. The molecule has 0 aliphatic rings. The summed E-state index contributed by atoms with van der Waals surface area (Å²) in [6.45, 7) is 4.04. The predicted molar refractivity (Wildman–Crippen MR) is 92.2 cm³/mol. The standard InChI is InChI=1S/C18H16Cl2O2/c1-3-22-18(21)10-12(2)13-4-6-14(7-5-13)15-8-9-16(19)17(20)11-15/h4-11H,3H2,1-2H3/b12-10-. The van der Waals surface area contributed by atoms with Crippen LogP contribution in [0.5, 0.6) is 0 Å². The molecule has 0 fully saturated rings. The van der Waals surface area contributed by atoms with Gasteiger partial charge < -0.3 is 4.74 Å². The largest absolute Gasteiger partial charge is 0.463 e. The molecule has 0 heterocycles. The first-order chi connectivity index (χ1) is 10.5. The fourth-order valence-electron chi connectivity index (χ4n) is 2.05. The molecule has 0 bridgehead atoms. The molecule has 0 aliphatic carbocycles. The van der Waals surface area contributed by atoms with Crippen LogP contribution in [0.1, 0.15) is 19.4 Å². The summed E-state index contributed by atoms with van der Waals surface area (Å²) in [4.78, 5) is 11.5. The van der Waals surface area contributed by atoms with Gasteiger partial charge in [-0.1, -0.05) is 53.5 Å². The van der Waals surface area contributed by atoms with Crippen LogP contribution in [0, 0.1) is 0 Å². The topological polar surface area (TPSA) is 26.3 Å². The van der Waals surface area contributed by atoms with E-state index in [-0.39, 0.29) is 5.97 Å². The minimum Gasteiger partial charge on any atom is -0.463 e. The molecule has 4 heteroatoms. The molecule has 2 nitrogen and oxygen atoms in total. The molecule has 0 radical (unpaired) electrons. The summed E-state index contributed by atoms with van der Waals surface area (Å²) >= 11 is 12.0. The number of benzene rings is 2. The van der Waals surface area contributed by atoms with Crippen LogP contribution < -0.4 is 0 Å². The summed E-state index contributed by atoms with van der Waals surface area (Å²) in [6, 6.07) is 13.4. The first-order valence-electron chi connectivity index (χ1n) is 6.92. The Hall–Kier alpha value is -1.77. The Labute approximate surface area is 140 Å². The lowest BCUT2D eigenvalue weighted by Gasteiger charge is -2.06. The van der Waals surface area contributed by atoms with E-state index in [9.17, 15) is 4.79 Å². The quantitative estimate of drug-likeness (QED) is 0.535. The van der Waals surface area contributed by atoms with E-state index < -0.39 is 0 Å². The van der Waals surface area contributed by atoms with Gasteiger partial charge in [0.15, 0.2) is 0 Å². The molecule has 0 atom stereocenters. The normalized spacial score (nSPS) is 11.4. The second kappa shape index (κ2) is 7.48. The van der Waals surface area contributed by atoms with Crippen LogP contribution in [-0.4, -0.2) is 12.6 Å². The van der Waals surface area contributed by atoms with Crippen molar-refractivity contribution < 1.29 is 9.53 Å². The van der Waals surface area contributed by atoms with Gasteiger partial charge in [0.1, 0.15) is 0 Å². The van der Waals surface area contributed by atoms with Gasteiger partial charge in [0.25, 0.3) is 0 Å². The Morgan fingerprint density at radius 1 is 1.05 bits per heavy atom. The maximum atomic E-state index is 11.5. The van der Waals surface area contributed by atoms with Gasteiger partial charge in [0.2, 0.25) is 0 Å². The number of allylic oxidation sites excluding steroid dienone is 1. The maximum absolute atomic E-state index is 11.5. The fraction of sp³-hybridized carbons (Fsp3) is 0.167. The molecule has 22 heavy (non-hydrogen) atoms. The van der Waals surface area contributed by atoms with Crippen molar-refractivity contribution in [3.8, 4) is 11.1 Å². The van der Waals surface area contributed by atoms with E-state index in [0.717, 1.165) is 22.3 Å². The number of hydrogen-bond donors (Lipinski definition) is 0. The third-order valence-electron chi connectivity index (χ3n) is 3.21. The van der Waals surface area contributed by atoms with Crippen molar-refractivity contribution in [2.45, 2.75) is 13.8 Å². The number of carbonyl (C=O) groups is 1. The number of rotatable bonds is 4. The van der Waals surface area contributed by atoms with Crippen molar-refractivity contribution in [3.05, 3.63) is 64.1 Å². The van der Waals surface area contributed by atoms with Crippen molar-refractivity contribution in [3.63, 3.8) is 0 Å². The number of hydrogen-bond acceptors (Lipinski definition) is 2. The van der Waals surface area contributed by atoms with Gasteiger partial charge in [-0.2, -0.15) is 0 Å². The molecule has 0 saturated heterocycles. The van der Waals surface area contributed by atoms with Crippen LogP contribution in [-0.2, 0) is 9.53 Å². The van der Waals surface area contributed by atoms with Gasteiger partial charge in [-0.15, -0.1) is 0 Å². The number of halogens is 2. The average Bonchev–Trinajstić information content (AvgIpc) is 2.50. The minimum absolute atomic E-state index is 0.325. The van der Waals surface area contributed by atoms with E-state index in [0.29, 0.717) is 16.7 Å². The molecule has 0 amide bonds. The van der Waals surface area contributed by atoms with E-state index >= 15 is 0 Å². The van der Waals surface area contributed by atoms with Crippen LogP contribution >= 0.6 is 23.2 Å². The summed E-state index contributed by atoms with van der Waals surface area (Å²) in [5.41, 5.74) is 3.86. The van der Waals surface area contributed by atoms with E-state index in [1.165, 1.54) is 6.08 Å². The van der Waals surface area contributed by atoms with Crippen LogP contribution in [0.2, 0.25) is 10.0 Å². The third kappa shape index (κ3) is 4.12. The number of carbonyl (C=O) groups excluding carboxylic acids is 1. The number of ether oxygens (including phenoxy) is 1. The van der Waals surface area contributed by atoms with Crippen LogP contribution in [0.25, 0.3) is 16.7 Å². The van der Waals surface area contributed by atoms with Crippen molar-refractivity contribution in [1.29, 1.82) is 0 Å². The zero-order valence-corrected chi connectivity index (χ0v) is 13.9. The van der Waals surface area contributed by atoms with E-state index in [1.807, 2.05) is 43.3 Å². The monoisotopic (exact) mass is 334 g/mol. The van der Waals surface area contributed by atoms with E-state index in [1.54, 1.807) is 13.0 Å². The maximum Gasteiger partial charge on any atom is 0.331 e. The molecule has 2 aromatic rings. The molecular weight excluding hydrogens is 319 g/mol. The van der Waals surface area contributed by atoms with E-state index in [4.69, 9.17) is 27.9 Å². The summed E-state index contributed by atoms with van der Waals surface area (Å²) in [5.74, 6) is -0.325. The molecule has 0 aromatic heterocycles. The zero-order valence-electron chi connectivity index (χ0n) is 12.4. The van der Waals surface area contributed by atoms with Crippen molar-refractivity contribution in [1.82, 2.24) is 0 Å². The highest BCUT2D eigenvalue weighted by Crippen LogP contribution is 2.29. The fourth-order valence-corrected chi connectivity index (χ4v) is 2.34. The minimum atomic E-state index is -0.325. The van der Waals surface area contributed by atoms with Gasteiger partial charge >= 0.3 is 5.97 Å². The predicted octanol–water partition coefficient (Wildman–Crippen LogP) is 5.63. The molecule has 0 saturated carbocycles. The lowest BCUT2D eigenvalue weighted by Crippen LogP contribution is -2.00. The van der Waals surface area contributed by atoms with Crippen LogP contribution in [0.15, 0.2) is 48.5 Å². The van der Waals surface area contributed by atoms with E-state index in [2.05, 4.69) is 0 Å². The first-order valence-corrected chi connectivity index (χ1v) is 7.67. The molecular formula is C18H16Cl2O2. The third-order valence-corrected chi connectivity index (χ3v) is 3.95. The van der Waals surface area contributed by atoms with Gasteiger partial charge in [-0.25, -0.2) is 4.79 Å². The van der Waals surface area contributed by atoms with Gasteiger partial charge in [0.05, 0.1) is 16.7 Å². The van der Waals surface area contributed by atoms with Gasteiger partial charge in [-0.3, -0.25) is 0 Å². The SMILES string of the molecule is CCOC(=O)/C=C(/C)c1ccc(-c2ccc(Cl)c(Cl)c2)cc1. The Bertz CT molecular complexity index is 704. The molecule has 2 aromatic carbocycles. The van der Waals surface area contributed by atoms with Crippen LogP contribution in [0.3, 0.4) is 0 Å².